The van der Waals surface area contributed by atoms with Crippen LogP contribution in [0.1, 0.15) is 11.1 Å². The van der Waals surface area contributed by atoms with Gasteiger partial charge in [-0.25, -0.2) is 4.98 Å². The van der Waals surface area contributed by atoms with Gasteiger partial charge in [0.25, 0.3) is 0 Å². The van der Waals surface area contributed by atoms with Crippen molar-refractivity contribution in [3.63, 3.8) is 0 Å². The van der Waals surface area contributed by atoms with Crippen LogP contribution >= 0.6 is 11.6 Å². The normalized spacial score (nSPS) is 15.4. The third kappa shape index (κ3) is 3.10. The molecular formula is C16H19ClN4. The number of halogens is 1. The van der Waals surface area contributed by atoms with Gasteiger partial charge < -0.3 is 9.80 Å². The predicted molar refractivity (Wildman–Crippen MR) is 87.4 cm³/mol. The van der Waals surface area contributed by atoms with Gasteiger partial charge in [-0.1, -0.05) is 17.7 Å². The van der Waals surface area contributed by atoms with Crippen LogP contribution in [0.2, 0.25) is 5.15 Å². The molecule has 0 N–H and O–H groups in total. The quantitative estimate of drug-likeness (QED) is 0.853. The standard InChI is InChI=1S/C16H19ClN4/c1-12-3-4-14(9-13(12)2)20-5-7-21(8-6-20)16-11-18-10-15(17)19-16/h3-4,9-11H,5-8H2,1-2H3. The molecule has 0 aliphatic carbocycles. The molecule has 1 fully saturated rings. The van der Waals surface area contributed by atoms with E-state index in [1.165, 1.54) is 16.8 Å². The first-order valence-electron chi connectivity index (χ1n) is 7.18. The maximum atomic E-state index is 5.91. The molecule has 1 saturated heterocycles. The van der Waals surface area contributed by atoms with Gasteiger partial charge in [0.1, 0.15) is 11.0 Å². The second-order valence-electron chi connectivity index (χ2n) is 5.44. The Morgan fingerprint density at radius 2 is 1.67 bits per heavy atom. The predicted octanol–water partition coefficient (Wildman–Crippen LogP) is 3.07. The van der Waals surface area contributed by atoms with E-state index in [0.717, 1.165) is 32.0 Å². The van der Waals surface area contributed by atoms with E-state index in [1.807, 2.05) is 0 Å². The number of nitrogens with zero attached hydrogens (tertiary/aromatic N) is 4. The van der Waals surface area contributed by atoms with Crippen LogP contribution in [0.25, 0.3) is 0 Å². The summed E-state index contributed by atoms with van der Waals surface area (Å²) in [6.45, 7) is 8.14. The Hall–Kier alpha value is -1.81. The first-order chi connectivity index (χ1) is 10.1. The van der Waals surface area contributed by atoms with Crippen LogP contribution in [0.5, 0.6) is 0 Å². The van der Waals surface area contributed by atoms with E-state index in [0.29, 0.717) is 5.15 Å². The summed E-state index contributed by atoms with van der Waals surface area (Å²) in [6.07, 6.45) is 3.34. The number of piperazine rings is 1. The van der Waals surface area contributed by atoms with Crippen LogP contribution in [0.15, 0.2) is 30.6 Å². The molecule has 21 heavy (non-hydrogen) atoms. The molecule has 0 bridgehead atoms. The Balaban J connectivity index is 1.68. The zero-order valence-corrected chi connectivity index (χ0v) is 13.1. The van der Waals surface area contributed by atoms with Gasteiger partial charge in [-0.15, -0.1) is 0 Å². The van der Waals surface area contributed by atoms with E-state index >= 15 is 0 Å². The van der Waals surface area contributed by atoms with Gasteiger partial charge in [0.05, 0.1) is 12.4 Å². The van der Waals surface area contributed by atoms with Gasteiger partial charge in [-0.2, -0.15) is 0 Å². The van der Waals surface area contributed by atoms with Gasteiger partial charge in [0.2, 0.25) is 0 Å². The molecular weight excluding hydrogens is 284 g/mol. The average molecular weight is 303 g/mol. The summed E-state index contributed by atoms with van der Waals surface area (Å²) in [7, 11) is 0. The number of aryl methyl sites for hydroxylation is 2. The van der Waals surface area contributed by atoms with Gasteiger partial charge in [0.15, 0.2) is 0 Å². The first kappa shape index (κ1) is 14.1. The number of rotatable bonds is 2. The highest BCUT2D eigenvalue weighted by Gasteiger charge is 2.19. The van der Waals surface area contributed by atoms with Crippen molar-refractivity contribution in [1.29, 1.82) is 0 Å². The molecule has 0 amide bonds. The number of hydrogen-bond donors (Lipinski definition) is 0. The third-order valence-electron chi connectivity index (χ3n) is 4.05. The summed E-state index contributed by atoms with van der Waals surface area (Å²) in [5.74, 6) is 0.863. The summed E-state index contributed by atoms with van der Waals surface area (Å²) in [4.78, 5) is 13.1. The third-order valence-corrected chi connectivity index (χ3v) is 4.23. The second-order valence-corrected chi connectivity index (χ2v) is 5.83. The molecule has 3 rings (SSSR count). The van der Waals surface area contributed by atoms with Crippen molar-refractivity contribution < 1.29 is 0 Å². The highest BCUT2D eigenvalue weighted by atomic mass is 35.5. The van der Waals surface area contributed by atoms with Crippen molar-refractivity contribution in [1.82, 2.24) is 9.97 Å². The Bertz CT molecular complexity index is 636. The number of anilines is 2. The molecule has 1 aliphatic heterocycles. The SMILES string of the molecule is Cc1ccc(N2CCN(c3cncc(Cl)n3)CC2)cc1C. The lowest BCUT2D eigenvalue weighted by Crippen LogP contribution is -2.46. The van der Waals surface area contributed by atoms with Crippen molar-refractivity contribution in [2.24, 2.45) is 0 Å². The zero-order chi connectivity index (χ0) is 14.8. The summed E-state index contributed by atoms with van der Waals surface area (Å²) >= 11 is 5.91. The fourth-order valence-corrected chi connectivity index (χ4v) is 2.74. The highest BCUT2D eigenvalue weighted by molar-refractivity contribution is 6.29. The Labute approximate surface area is 130 Å². The van der Waals surface area contributed by atoms with Crippen LogP contribution in [0, 0.1) is 13.8 Å². The maximum Gasteiger partial charge on any atom is 0.149 e. The van der Waals surface area contributed by atoms with E-state index in [2.05, 4.69) is 51.8 Å². The molecule has 0 unspecified atom stereocenters. The summed E-state index contributed by atoms with van der Waals surface area (Å²) in [5, 5.41) is 0.448. The molecule has 0 saturated carbocycles. The molecule has 0 spiro atoms. The van der Waals surface area contributed by atoms with Crippen molar-refractivity contribution in [2.75, 3.05) is 36.0 Å². The van der Waals surface area contributed by atoms with E-state index in [1.54, 1.807) is 12.4 Å². The van der Waals surface area contributed by atoms with E-state index in [-0.39, 0.29) is 0 Å². The zero-order valence-electron chi connectivity index (χ0n) is 12.4. The van der Waals surface area contributed by atoms with E-state index in [9.17, 15) is 0 Å². The lowest BCUT2D eigenvalue weighted by atomic mass is 10.1. The monoisotopic (exact) mass is 302 g/mol. The molecule has 1 aromatic heterocycles. The Morgan fingerprint density at radius 1 is 0.952 bits per heavy atom. The molecule has 0 radical (unpaired) electrons. The smallest absolute Gasteiger partial charge is 0.149 e. The van der Waals surface area contributed by atoms with Crippen molar-refractivity contribution in [2.45, 2.75) is 13.8 Å². The minimum Gasteiger partial charge on any atom is -0.368 e. The van der Waals surface area contributed by atoms with Crippen LogP contribution in [0.4, 0.5) is 11.5 Å². The molecule has 2 heterocycles. The molecule has 1 aliphatic rings. The Kier molecular flexibility index (Phi) is 3.97. The molecule has 2 aromatic rings. The maximum absolute atomic E-state index is 5.91. The lowest BCUT2D eigenvalue weighted by molar-refractivity contribution is 0.646. The van der Waals surface area contributed by atoms with Gasteiger partial charge in [-0.3, -0.25) is 4.98 Å². The second kappa shape index (κ2) is 5.90. The van der Waals surface area contributed by atoms with Crippen LogP contribution in [-0.2, 0) is 0 Å². The van der Waals surface area contributed by atoms with Gasteiger partial charge in [-0.05, 0) is 37.1 Å². The molecule has 5 heteroatoms. The van der Waals surface area contributed by atoms with Crippen LogP contribution in [0.3, 0.4) is 0 Å². The van der Waals surface area contributed by atoms with E-state index in [4.69, 9.17) is 11.6 Å². The van der Waals surface area contributed by atoms with Crippen LogP contribution < -0.4 is 9.80 Å². The summed E-state index contributed by atoms with van der Waals surface area (Å²) in [5.41, 5.74) is 3.98. The lowest BCUT2D eigenvalue weighted by Gasteiger charge is -2.36. The average Bonchev–Trinajstić information content (AvgIpc) is 2.50. The van der Waals surface area contributed by atoms with Gasteiger partial charge >= 0.3 is 0 Å². The Morgan fingerprint density at radius 3 is 2.33 bits per heavy atom. The molecule has 4 nitrogen and oxygen atoms in total. The van der Waals surface area contributed by atoms with Crippen LogP contribution in [-0.4, -0.2) is 36.1 Å². The molecule has 1 aromatic carbocycles. The first-order valence-corrected chi connectivity index (χ1v) is 7.56. The largest absolute Gasteiger partial charge is 0.368 e. The van der Waals surface area contributed by atoms with Crippen molar-refractivity contribution in [3.8, 4) is 0 Å². The topological polar surface area (TPSA) is 32.3 Å². The minimum absolute atomic E-state index is 0.448. The number of hydrogen-bond acceptors (Lipinski definition) is 4. The fourth-order valence-electron chi connectivity index (χ4n) is 2.60. The number of aromatic nitrogens is 2. The van der Waals surface area contributed by atoms with Crippen molar-refractivity contribution in [3.05, 3.63) is 46.9 Å². The fraction of sp³-hybridized carbons (Fsp3) is 0.375. The highest BCUT2D eigenvalue weighted by Crippen LogP contribution is 2.22. The summed E-state index contributed by atoms with van der Waals surface area (Å²) < 4.78 is 0. The molecule has 110 valence electrons. The minimum atomic E-state index is 0.448. The number of benzene rings is 1. The van der Waals surface area contributed by atoms with Gasteiger partial charge in [0, 0.05) is 31.9 Å². The molecule has 0 atom stereocenters. The van der Waals surface area contributed by atoms with E-state index < -0.39 is 0 Å². The summed E-state index contributed by atoms with van der Waals surface area (Å²) in [6, 6.07) is 6.67. The van der Waals surface area contributed by atoms with Crippen molar-refractivity contribution >= 4 is 23.1 Å².